The Morgan fingerprint density at radius 3 is 2.65 bits per heavy atom. The third-order valence-corrected chi connectivity index (χ3v) is 6.50. The molecule has 3 N–H and O–H groups in total. The van der Waals surface area contributed by atoms with Gasteiger partial charge in [-0.3, -0.25) is 14.2 Å². The maximum absolute atomic E-state index is 12.4. The van der Waals surface area contributed by atoms with E-state index in [1.165, 1.54) is 12.1 Å². The summed E-state index contributed by atoms with van der Waals surface area (Å²) in [6.45, 7) is 6.25. The SMILES string of the molecule is CCC(CC)n1c(=O)ccc2cnc(NC3CCNCC3)nc21.O=Cc1cccc(S(=O)O)c1.[HH]. The summed E-state index contributed by atoms with van der Waals surface area (Å²) in [7, 11) is 0. The predicted octanol–water partition coefficient (Wildman–Crippen LogP) is 3.64. The minimum Gasteiger partial charge on any atom is -0.351 e. The van der Waals surface area contributed by atoms with Crippen molar-refractivity contribution in [1.82, 2.24) is 19.9 Å². The van der Waals surface area contributed by atoms with Crippen LogP contribution in [0, 0.1) is 0 Å². The zero-order chi connectivity index (χ0) is 24.5. The lowest BCUT2D eigenvalue weighted by Gasteiger charge is -2.24. The Morgan fingerprint density at radius 2 is 2.00 bits per heavy atom. The van der Waals surface area contributed by atoms with Crippen molar-refractivity contribution < 1.29 is 15.0 Å². The first-order chi connectivity index (χ1) is 16.5. The first-order valence-corrected chi connectivity index (χ1v) is 12.6. The Hall–Kier alpha value is -2.95. The minimum absolute atomic E-state index is 0. The van der Waals surface area contributed by atoms with Gasteiger partial charge in [0.05, 0.1) is 4.90 Å². The summed E-state index contributed by atoms with van der Waals surface area (Å²) in [5.74, 6) is 0.620. The lowest BCUT2D eigenvalue weighted by Crippen LogP contribution is -2.35. The molecular weight excluding hydrogens is 454 g/mol. The number of carbonyl (C=O) groups excluding carboxylic acids is 1. The summed E-state index contributed by atoms with van der Waals surface area (Å²) in [5, 5.41) is 7.68. The number of rotatable bonds is 7. The van der Waals surface area contributed by atoms with Gasteiger partial charge in [0.2, 0.25) is 5.95 Å². The fourth-order valence-electron chi connectivity index (χ4n) is 3.96. The van der Waals surface area contributed by atoms with Gasteiger partial charge in [-0.05, 0) is 57.0 Å². The highest BCUT2D eigenvalue weighted by molar-refractivity contribution is 7.79. The Kier molecular flexibility index (Phi) is 9.43. The highest BCUT2D eigenvalue weighted by Crippen LogP contribution is 2.20. The third kappa shape index (κ3) is 6.55. The molecule has 2 aromatic heterocycles. The molecule has 1 aliphatic heterocycles. The molecule has 9 nitrogen and oxygen atoms in total. The van der Waals surface area contributed by atoms with Gasteiger partial charge in [0.15, 0.2) is 11.1 Å². The molecule has 1 aliphatic rings. The van der Waals surface area contributed by atoms with Crippen LogP contribution in [0.3, 0.4) is 0 Å². The number of fused-ring (bicyclic) bond motifs is 1. The van der Waals surface area contributed by atoms with Crippen LogP contribution in [-0.4, -0.2) is 48.7 Å². The van der Waals surface area contributed by atoms with Gasteiger partial charge in [-0.15, -0.1) is 0 Å². The van der Waals surface area contributed by atoms with Crippen molar-refractivity contribution in [3.05, 3.63) is 58.5 Å². The maximum Gasteiger partial charge on any atom is 0.252 e. The van der Waals surface area contributed by atoms with Gasteiger partial charge in [0, 0.05) is 36.7 Å². The van der Waals surface area contributed by atoms with Crippen molar-refractivity contribution in [3.8, 4) is 0 Å². The third-order valence-electron chi connectivity index (χ3n) is 5.84. The van der Waals surface area contributed by atoms with Gasteiger partial charge >= 0.3 is 0 Å². The van der Waals surface area contributed by atoms with E-state index in [0.29, 0.717) is 23.8 Å². The number of hydrogen-bond donors (Lipinski definition) is 3. The molecule has 0 bridgehead atoms. The van der Waals surface area contributed by atoms with Crippen molar-refractivity contribution in [2.45, 2.75) is 56.5 Å². The lowest BCUT2D eigenvalue weighted by atomic mass is 10.1. The molecule has 0 aliphatic carbocycles. The second-order valence-electron chi connectivity index (χ2n) is 8.09. The Bertz CT molecular complexity index is 1200. The zero-order valence-electron chi connectivity index (χ0n) is 19.4. The predicted molar refractivity (Wildman–Crippen MR) is 136 cm³/mol. The van der Waals surface area contributed by atoms with E-state index in [9.17, 15) is 13.8 Å². The van der Waals surface area contributed by atoms with E-state index in [4.69, 9.17) is 4.55 Å². The van der Waals surface area contributed by atoms with Gasteiger partial charge in [-0.1, -0.05) is 26.0 Å². The number of hydrogen-bond acceptors (Lipinski definition) is 7. The number of pyridine rings is 1. The molecular formula is C24H33N5O4S. The summed E-state index contributed by atoms with van der Waals surface area (Å²) in [6, 6.07) is 10.00. The van der Waals surface area contributed by atoms with Crippen LogP contribution in [0.1, 0.15) is 57.4 Å². The number of anilines is 1. The molecule has 0 radical (unpaired) electrons. The summed E-state index contributed by atoms with van der Waals surface area (Å²) in [4.78, 5) is 31.9. The van der Waals surface area contributed by atoms with Gasteiger partial charge in [0.25, 0.3) is 5.56 Å². The number of nitrogens with zero attached hydrogens (tertiary/aromatic N) is 3. The molecule has 0 spiro atoms. The van der Waals surface area contributed by atoms with Gasteiger partial charge in [-0.25, -0.2) is 9.19 Å². The van der Waals surface area contributed by atoms with Crippen LogP contribution in [0.5, 0.6) is 0 Å². The van der Waals surface area contributed by atoms with Gasteiger partial charge in [0.1, 0.15) is 11.9 Å². The fraction of sp³-hybridized carbons (Fsp3) is 0.417. The summed E-state index contributed by atoms with van der Waals surface area (Å²) >= 11 is -2.00. The van der Waals surface area contributed by atoms with Crippen LogP contribution in [0.2, 0.25) is 0 Å². The maximum atomic E-state index is 12.4. The van der Waals surface area contributed by atoms with Crippen molar-refractivity contribution >= 4 is 34.3 Å². The normalized spacial score (nSPS) is 14.9. The Labute approximate surface area is 202 Å². The highest BCUT2D eigenvalue weighted by Gasteiger charge is 2.16. The Morgan fingerprint density at radius 1 is 1.26 bits per heavy atom. The van der Waals surface area contributed by atoms with Crippen molar-refractivity contribution in [3.63, 3.8) is 0 Å². The molecule has 34 heavy (non-hydrogen) atoms. The van der Waals surface area contributed by atoms with Crippen molar-refractivity contribution in [1.29, 1.82) is 0 Å². The van der Waals surface area contributed by atoms with E-state index >= 15 is 0 Å². The molecule has 1 fully saturated rings. The molecule has 4 rings (SSSR count). The molecule has 1 aromatic carbocycles. The van der Waals surface area contributed by atoms with Crippen LogP contribution in [-0.2, 0) is 11.1 Å². The minimum atomic E-state index is -2.00. The van der Waals surface area contributed by atoms with Crippen LogP contribution in [0.4, 0.5) is 5.95 Å². The lowest BCUT2D eigenvalue weighted by molar-refractivity contribution is 0.112. The zero-order valence-corrected chi connectivity index (χ0v) is 20.3. The number of benzene rings is 1. The van der Waals surface area contributed by atoms with Gasteiger partial charge < -0.3 is 15.2 Å². The second-order valence-corrected chi connectivity index (χ2v) is 9.06. The molecule has 1 atom stereocenters. The molecule has 1 saturated heterocycles. The van der Waals surface area contributed by atoms with E-state index in [1.54, 1.807) is 18.2 Å². The monoisotopic (exact) mass is 487 g/mol. The largest absolute Gasteiger partial charge is 0.351 e. The van der Waals surface area contributed by atoms with Crippen LogP contribution in [0.15, 0.2) is 52.3 Å². The summed E-state index contributed by atoms with van der Waals surface area (Å²) < 4.78 is 20.9. The average molecular weight is 488 g/mol. The van der Waals surface area contributed by atoms with E-state index in [1.807, 2.05) is 16.8 Å². The van der Waals surface area contributed by atoms with E-state index in [0.717, 1.165) is 49.8 Å². The fourth-order valence-corrected chi connectivity index (χ4v) is 4.39. The molecule has 0 amide bonds. The first kappa shape index (κ1) is 25.7. The standard InChI is InChI=1S/C17H25N5O.C7H6O3S.H2/c1-3-14(4-2)22-15(23)6-5-12-11-19-17(21-16(12)22)20-13-7-9-18-10-8-13;8-5-6-2-1-3-7(4-6)11(9)10;/h5-6,11,13-14,18H,3-4,7-10H2,1-2H3,(H,19,20,21);1-5H,(H,9,10);1H. The number of carbonyl (C=O) groups is 1. The van der Waals surface area contributed by atoms with Crippen LogP contribution < -0.4 is 16.2 Å². The topological polar surface area (TPSA) is 126 Å². The highest BCUT2D eigenvalue weighted by atomic mass is 32.2. The van der Waals surface area contributed by atoms with Crippen LogP contribution >= 0.6 is 0 Å². The van der Waals surface area contributed by atoms with Crippen molar-refractivity contribution in [2.75, 3.05) is 18.4 Å². The molecule has 3 aromatic rings. The van der Waals surface area contributed by atoms with Crippen LogP contribution in [0.25, 0.3) is 11.0 Å². The number of nitrogens with one attached hydrogen (secondary N) is 2. The second kappa shape index (κ2) is 12.5. The first-order valence-electron chi connectivity index (χ1n) is 11.5. The van der Waals surface area contributed by atoms with E-state index in [2.05, 4.69) is 34.4 Å². The molecule has 1 unspecified atom stereocenters. The number of aldehydes is 1. The van der Waals surface area contributed by atoms with Gasteiger partial charge in [-0.2, -0.15) is 4.98 Å². The Balaban J connectivity index is 0.000000305. The van der Waals surface area contributed by atoms with E-state index in [-0.39, 0.29) is 17.9 Å². The summed E-state index contributed by atoms with van der Waals surface area (Å²) in [5.41, 5.74) is 1.15. The molecule has 10 heteroatoms. The molecule has 184 valence electrons. The molecule has 3 heterocycles. The van der Waals surface area contributed by atoms with E-state index < -0.39 is 11.1 Å². The smallest absolute Gasteiger partial charge is 0.252 e. The number of aromatic nitrogens is 3. The van der Waals surface area contributed by atoms with Crippen molar-refractivity contribution in [2.24, 2.45) is 0 Å². The molecule has 0 saturated carbocycles. The number of piperidine rings is 1. The quantitative estimate of drug-likeness (QED) is 0.341. The summed E-state index contributed by atoms with van der Waals surface area (Å²) in [6.07, 6.45) is 6.40. The average Bonchev–Trinajstić information content (AvgIpc) is 2.87.